The van der Waals surface area contributed by atoms with Crippen LogP contribution in [0.25, 0.3) is 0 Å². The van der Waals surface area contributed by atoms with Gasteiger partial charge in [-0.1, -0.05) is 25.8 Å². The first-order chi connectivity index (χ1) is 5.41. The quantitative estimate of drug-likeness (QED) is 0.306. The molecule has 0 nitrogen and oxygen atoms in total. The van der Waals surface area contributed by atoms with Gasteiger partial charge in [-0.25, -0.2) is 0 Å². The van der Waals surface area contributed by atoms with Crippen molar-refractivity contribution in [2.75, 3.05) is 0 Å². The average molecular weight is 150 g/mol. The van der Waals surface area contributed by atoms with Crippen molar-refractivity contribution >= 4 is 0 Å². The van der Waals surface area contributed by atoms with Gasteiger partial charge in [-0.2, -0.15) is 0 Å². The van der Waals surface area contributed by atoms with Crippen LogP contribution in [0, 0.1) is 0 Å². The minimum atomic E-state index is 0.935. The van der Waals surface area contributed by atoms with Crippen LogP contribution in [0.15, 0.2) is 30.5 Å². The highest BCUT2D eigenvalue weighted by Gasteiger charge is 1.79. The van der Waals surface area contributed by atoms with Crippen LogP contribution in [-0.4, -0.2) is 0 Å². The summed E-state index contributed by atoms with van der Waals surface area (Å²) in [6.45, 7) is 5.84. The number of rotatable bonds is 6. The van der Waals surface area contributed by atoms with Gasteiger partial charge < -0.3 is 0 Å². The zero-order valence-electron chi connectivity index (χ0n) is 7.47. The summed E-state index contributed by atoms with van der Waals surface area (Å²) in [5.41, 5.74) is 3.12. The SMILES string of the molecule is C=CCC=C=CCCCCC. The van der Waals surface area contributed by atoms with Crippen LogP contribution >= 0.6 is 0 Å². The van der Waals surface area contributed by atoms with Gasteiger partial charge in [0, 0.05) is 0 Å². The second-order valence-electron chi connectivity index (χ2n) is 2.60. The molecule has 0 aliphatic heterocycles. The Morgan fingerprint density at radius 1 is 1.27 bits per heavy atom. The first-order valence-electron chi connectivity index (χ1n) is 4.42. The fourth-order valence-corrected chi connectivity index (χ4v) is 0.814. The molecule has 0 saturated carbocycles. The molecule has 0 aromatic rings. The van der Waals surface area contributed by atoms with E-state index in [1.807, 2.05) is 12.2 Å². The maximum Gasteiger partial charge on any atom is -0.00957 e. The summed E-state index contributed by atoms with van der Waals surface area (Å²) >= 11 is 0. The lowest BCUT2D eigenvalue weighted by atomic mass is 10.2. The Bertz CT molecular complexity index is 136. The van der Waals surface area contributed by atoms with E-state index in [0.717, 1.165) is 6.42 Å². The molecule has 62 valence electrons. The van der Waals surface area contributed by atoms with Crippen molar-refractivity contribution in [1.29, 1.82) is 0 Å². The van der Waals surface area contributed by atoms with Crippen LogP contribution in [0.2, 0.25) is 0 Å². The molecule has 11 heavy (non-hydrogen) atoms. The van der Waals surface area contributed by atoms with Gasteiger partial charge in [0.15, 0.2) is 0 Å². The molecule has 0 fully saturated rings. The van der Waals surface area contributed by atoms with Gasteiger partial charge in [-0.3, -0.25) is 0 Å². The summed E-state index contributed by atoms with van der Waals surface area (Å²) < 4.78 is 0. The van der Waals surface area contributed by atoms with Crippen LogP contribution < -0.4 is 0 Å². The molecule has 0 bridgehead atoms. The molecular weight excluding hydrogens is 132 g/mol. The monoisotopic (exact) mass is 150 g/mol. The Hall–Kier alpha value is -0.740. The Labute approximate surface area is 70.3 Å². The molecule has 0 spiro atoms. The Morgan fingerprint density at radius 2 is 2.09 bits per heavy atom. The second kappa shape index (κ2) is 9.26. The normalized spacial score (nSPS) is 8.45. The predicted molar refractivity (Wildman–Crippen MR) is 51.6 cm³/mol. The zero-order chi connectivity index (χ0) is 8.36. The van der Waals surface area contributed by atoms with Gasteiger partial charge in [0.25, 0.3) is 0 Å². The Morgan fingerprint density at radius 3 is 2.73 bits per heavy atom. The summed E-state index contributed by atoms with van der Waals surface area (Å²) in [6.07, 6.45) is 12.0. The number of allylic oxidation sites excluding steroid dienone is 2. The van der Waals surface area contributed by atoms with Gasteiger partial charge >= 0.3 is 0 Å². The fourth-order valence-electron chi connectivity index (χ4n) is 0.814. The van der Waals surface area contributed by atoms with Crippen molar-refractivity contribution in [2.45, 2.75) is 39.0 Å². The summed E-state index contributed by atoms with van der Waals surface area (Å²) in [7, 11) is 0. The lowest BCUT2D eigenvalue weighted by Crippen LogP contribution is -1.68. The molecule has 0 unspecified atom stereocenters. The van der Waals surface area contributed by atoms with Crippen LogP contribution in [-0.2, 0) is 0 Å². The second-order valence-corrected chi connectivity index (χ2v) is 2.60. The molecule has 0 aliphatic rings. The highest BCUT2D eigenvalue weighted by Crippen LogP contribution is 1.98. The third kappa shape index (κ3) is 9.26. The lowest BCUT2D eigenvalue weighted by molar-refractivity contribution is 0.729. The number of unbranched alkanes of at least 4 members (excludes halogenated alkanes) is 3. The molecule has 0 aromatic carbocycles. The first kappa shape index (κ1) is 10.3. The molecule has 0 aliphatic carbocycles. The molecule has 0 radical (unpaired) electrons. The van der Waals surface area contributed by atoms with Gasteiger partial charge in [-0.05, 0) is 31.4 Å². The fraction of sp³-hybridized carbons (Fsp3) is 0.545. The van der Waals surface area contributed by atoms with E-state index in [1.165, 1.54) is 25.7 Å². The molecule has 0 atom stereocenters. The maximum absolute atomic E-state index is 3.62. The molecule has 0 saturated heterocycles. The van der Waals surface area contributed by atoms with Gasteiger partial charge in [0.2, 0.25) is 0 Å². The minimum Gasteiger partial charge on any atom is -0.129 e. The lowest BCUT2D eigenvalue weighted by Gasteiger charge is -1.88. The van der Waals surface area contributed by atoms with E-state index >= 15 is 0 Å². The van der Waals surface area contributed by atoms with Crippen molar-refractivity contribution in [1.82, 2.24) is 0 Å². The van der Waals surface area contributed by atoms with Crippen molar-refractivity contribution in [3.05, 3.63) is 30.5 Å². The molecule has 0 heterocycles. The van der Waals surface area contributed by atoms with E-state index in [-0.39, 0.29) is 0 Å². The highest BCUT2D eigenvalue weighted by atomic mass is 13.8. The third-order valence-corrected chi connectivity index (χ3v) is 1.47. The van der Waals surface area contributed by atoms with Gasteiger partial charge in [-0.15, -0.1) is 12.3 Å². The van der Waals surface area contributed by atoms with Gasteiger partial charge in [0.05, 0.1) is 0 Å². The Kier molecular flexibility index (Phi) is 8.64. The molecule has 0 heteroatoms. The van der Waals surface area contributed by atoms with Crippen LogP contribution in [0.1, 0.15) is 39.0 Å². The number of hydrogen-bond acceptors (Lipinski definition) is 0. The zero-order valence-corrected chi connectivity index (χ0v) is 7.47. The van der Waals surface area contributed by atoms with Crippen molar-refractivity contribution in [3.63, 3.8) is 0 Å². The number of hydrogen-bond donors (Lipinski definition) is 0. The van der Waals surface area contributed by atoms with E-state index in [2.05, 4.69) is 25.3 Å². The molecular formula is C11H18. The molecule has 0 amide bonds. The largest absolute Gasteiger partial charge is 0.129 e. The predicted octanol–water partition coefficient (Wildman–Crippen LogP) is 3.85. The summed E-state index contributed by atoms with van der Waals surface area (Å²) in [5, 5.41) is 0. The van der Waals surface area contributed by atoms with Crippen LogP contribution in [0.3, 0.4) is 0 Å². The summed E-state index contributed by atoms with van der Waals surface area (Å²) in [6, 6.07) is 0. The summed E-state index contributed by atoms with van der Waals surface area (Å²) in [4.78, 5) is 0. The van der Waals surface area contributed by atoms with E-state index in [0.29, 0.717) is 0 Å². The first-order valence-corrected chi connectivity index (χ1v) is 4.42. The maximum atomic E-state index is 3.62. The third-order valence-electron chi connectivity index (χ3n) is 1.47. The standard InChI is InChI=1S/C11H18/c1-3-5-7-9-11-10-8-6-4-2/h3,7,11H,1,4-6,8,10H2,2H3. The van der Waals surface area contributed by atoms with Crippen molar-refractivity contribution < 1.29 is 0 Å². The average Bonchev–Trinajstić information content (AvgIpc) is 2.03. The highest BCUT2D eigenvalue weighted by molar-refractivity contribution is 4.89. The van der Waals surface area contributed by atoms with Crippen LogP contribution in [0.4, 0.5) is 0 Å². The molecule has 0 rings (SSSR count). The van der Waals surface area contributed by atoms with E-state index in [4.69, 9.17) is 0 Å². The minimum absolute atomic E-state index is 0.935. The van der Waals surface area contributed by atoms with E-state index in [1.54, 1.807) is 0 Å². The van der Waals surface area contributed by atoms with Crippen molar-refractivity contribution in [2.24, 2.45) is 0 Å². The van der Waals surface area contributed by atoms with Crippen molar-refractivity contribution in [3.8, 4) is 0 Å². The van der Waals surface area contributed by atoms with Gasteiger partial charge in [0.1, 0.15) is 0 Å². The summed E-state index contributed by atoms with van der Waals surface area (Å²) in [5.74, 6) is 0. The topological polar surface area (TPSA) is 0 Å². The molecule has 0 N–H and O–H groups in total. The van der Waals surface area contributed by atoms with E-state index in [9.17, 15) is 0 Å². The van der Waals surface area contributed by atoms with E-state index < -0.39 is 0 Å². The molecule has 0 aromatic heterocycles. The smallest absolute Gasteiger partial charge is 0.00957 e. The Balaban J connectivity index is 3.21. The van der Waals surface area contributed by atoms with Crippen LogP contribution in [0.5, 0.6) is 0 Å².